The maximum atomic E-state index is 15.0. The van der Waals surface area contributed by atoms with E-state index in [2.05, 4.69) is 77.2 Å². The normalized spacial score (nSPS) is 16.8. The number of piperidine rings is 1. The summed E-state index contributed by atoms with van der Waals surface area (Å²) in [5, 5.41) is 26.1. The molecule has 2 fully saturated rings. The third-order valence-corrected chi connectivity index (χ3v) is 21.1. The molecule has 5 aromatic carbocycles. The molecule has 0 spiro atoms. The first-order chi connectivity index (χ1) is 67.8. The topological polar surface area (TPSA) is 483 Å². The fourth-order valence-corrected chi connectivity index (χ4v) is 14.8. The van der Waals surface area contributed by atoms with E-state index in [-0.39, 0.29) is 143 Å². The second-order valence-electron chi connectivity index (χ2n) is 32.3. The number of aryl methyl sites for hydroxylation is 1. The maximum absolute atomic E-state index is 15.0. The van der Waals surface area contributed by atoms with Crippen LogP contribution in [-0.2, 0) is 118 Å². The number of alkyl carbamates (subject to hydrolysis) is 1. The summed E-state index contributed by atoms with van der Waals surface area (Å²) >= 11 is 0. The molecule has 10 rings (SSSR count). The number of hydrogen-bond donors (Lipinski definition) is 6. The minimum Gasteiger partial charge on any atom is -0.493 e. The van der Waals surface area contributed by atoms with Gasteiger partial charge in [0, 0.05) is 56.1 Å². The van der Waals surface area contributed by atoms with E-state index in [0.29, 0.717) is 96.0 Å². The number of fused-ring (bicyclic) bond motifs is 5. The third-order valence-electron chi connectivity index (χ3n) is 21.1. The Morgan fingerprint density at radius 2 is 1.06 bits per heavy atom. The van der Waals surface area contributed by atoms with Gasteiger partial charge in [0.15, 0.2) is 36.0 Å². The molecule has 1 unspecified atom stereocenters. The van der Waals surface area contributed by atoms with Gasteiger partial charge in [-0.1, -0.05) is 105 Å². The van der Waals surface area contributed by atoms with E-state index < -0.39 is 148 Å². The molecule has 140 heavy (non-hydrogen) atoms. The van der Waals surface area contributed by atoms with Crippen molar-refractivity contribution in [2.45, 2.75) is 120 Å². The van der Waals surface area contributed by atoms with Crippen LogP contribution in [0.25, 0.3) is 11.1 Å². The van der Waals surface area contributed by atoms with E-state index in [1.165, 1.54) is 77.3 Å². The SMILES string of the molecule is C=CCOC(=O)O[C@@H]1[C@@H](OC(=O)OCC=C)[C@H](Oc2ccc(COC(=O)N3c4cc(OCCCC(=O)Nc5cc(C(=O)Nc6ccc(NC(=O)OC(C)(C)C)cc6)n(C)c5)c(OC)cc4C(=O)N4CCCC[C@H]4C3O)cc2NC(=O)CCOCCOCCOCCOCCOCCOCCOCCOCCNC(=O)OCC2c3ccccc3-c3ccccc32)O[C@H](C(=O)OCC=C)[C@H]1OC(=O)OCC=C. The van der Waals surface area contributed by atoms with Crippen LogP contribution in [-0.4, -0.2) is 295 Å². The second-order valence-corrected chi connectivity index (χ2v) is 32.3. The Balaban J connectivity index is 0.717. The highest BCUT2D eigenvalue weighted by atomic mass is 16.8. The molecule has 1 aromatic heterocycles. The first kappa shape index (κ1) is 108. The number of aromatic nitrogens is 1. The average Bonchev–Trinajstić information content (AvgIpc) is 1.01. The number of anilines is 5. The number of ether oxygens (including phenoxy) is 22. The molecule has 4 aliphatic rings. The predicted octanol–water partition coefficient (Wildman–Crippen LogP) is 11.9. The minimum absolute atomic E-state index is 0.00646. The van der Waals surface area contributed by atoms with Crippen LogP contribution in [0.2, 0.25) is 0 Å². The van der Waals surface area contributed by atoms with Crippen molar-refractivity contribution in [3.63, 3.8) is 0 Å². The number of nitrogens with one attached hydrogen (secondary N) is 5. The summed E-state index contributed by atoms with van der Waals surface area (Å²) in [7, 11) is 2.97. The van der Waals surface area contributed by atoms with Crippen molar-refractivity contribution >= 4 is 94.8 Å². The molecule has 3 aliphatic heterocycles. The Hall–Kier alpha value is -13.7. The Labute approximate surface area is 809 Å². The van der Waals surface area contributed by atoms with Crippen molar-refractivity contribution in [2.75, 3.05) is 192 Å². The van der Waals surface area contributed by atoms with Gasteiger partial charge in [0.05, 0.1) is 155 Å². The number of esters is 1. The zero-order valence-electron chi connectivity index (χ0n) is 78.9. The first-order valence-electron chi connectivity index (χ1n) is 45.5. The highest BCUT2D eigenvalue weighted by molar-refractivity contribution is 6.07. The fraction of sp³-hybridized carbons (Fsp3) is 0.459. The van der Waals surface area contributed by atoms with Crippen LogP contribution in [0.5, 0.6) is 17.2 Å². The van der Waals surface area contributed by atoms with Crippen molar-refractivity contribution in [3.8, 4) is 28.4 Å². The number of aliphatic hydroxyl groups is 1. The standard InChI is InChI=1S/C98H122N8O34/c1-10-36-129-90(112)85-83(137-95(116)130-37-11-2)84(138-96(117)131-38-12-3)86(139-97(118)132-39-13-4)91(136-85)135-78-32-27-64(57-74(78)103-82(108)33-41-120-43-45-122-47-49-124-51-53-126-55-56-127-54-52-125-50-48-123-46-44-121-42-34-99-92(113)133-63-73-70-23-16-14-21-68(70)69-22-15-17-24-71(69)73)62-134-94(115)106-76-60-80(79(119-9)59-72(76)88(110)105-35-19-18-25-75(105)89(106)111)128-40-20-26-81(107)100-67-58-77(104(8)61-67)87(109)101-65-28-30-66(31-29-65)102-93(114)140-98(5,6)7/h10-17,21-24,27-32,57-61,73,75,83-86,89,91,111H,1-4,18-20,25-26,33-56,62-63H2,5-9H3,(H,99,113)(H,100,107)(H,101,109)(H,102,114)(H,103,108)/t75-,83-,84-,85-,86+,89?,91+/m0/s1. The molecule has 7 amide bonds. The maximum Gasteiger partial charge on any atom is 0.509 e. The summed E-state index contributed by atoms with van der Waals surface area (Å²) in [5.41, 5.74) is 5.00. The molecule has 758 valence electrons. The van der Waals surface area contributed by atoms with Crippen molar-refractivity contribution in [1.29, 1.82) is 0 Å². The lowest BCUT2D eigenvalue weighted by Gasteiger charge is -2.42. The number of rotatable bonds is 56. The third kappa shape index (κ3) is 33.8. The van der Waals surface area contributed by atoms with E-state index in [1.807, 2.05) is 24.3 Å². The molecule has 42 nitrogen and oxygen atoms in total. The highest BCUT2D eigenvalue weighted by Crippen LogP contribution is 2.46. The molecular formula is C98H122N8O34. The predicted molar refractivity (Wildman–Crippen MR) is 502 cm³/mol. The molecule has 42 heteroatoms. The molecule has 2 saturated heterocycles. The van der Waals surface area contributed by atoms with Gasteiger partial charge in [-0.2, -0.15) is 0 Å². The van der Waals surface area contributed by atoms with Crippen molar-refractivity contribution in [3.05, 3.63) is 194 Å². The van der Waals surface area contributed by atoms with Crippen molar-refractivity contribution in [1.82, 2.24) is 14.8 Å². The molecular weight excluding hydrogens is 1830 g/mol. The molecule has 6 aromatic rings. The van der Waals surface area contributed by atoms with Crippen molar-refractivity contribution in [2.24, 2.45) is 7.05 Å². The van der Waals surface area contributed by atoms with Crippen LogP contribution in [0.4, 0.5) is 57.2 Å². The van der Waals surface area contributed by atoms with Gasteiger partial charge < -0.3 is 140 Å². The molecule has 0 saturated carbocycles. The van der Waals surface area contributed by atoms with E-state index in [4.69, 9.17) is 104 Å². The second kappa shape index (κ2) is 57.0. The van der Waals surface area contributed by atoms with E-state index in [0.717, 1.165) is 27.2 Å². The number of nitrogens with zero attached hydrogens (tertiary/aromatic N) is 3. The van der Waals surface area contributed by atoms with Crippen LogP contribution < -0.4 is 45.7 Å². The van der Waals surface area contributed by atoms with Gasteiger partial charge in [-0.05, 0) is 123 Å². The fourth-order valence-electron chi connectivity index (χ4n) is 14.8. The summed E-state index contributed by atoms with van der Waals surface area (Å²) < 4.78 is 126. The van der Waals surface area contributed by atoms with Crippen LogP contribution in [0, 0.1) is 0 Å². The van der Waals surface area contributed by atoms with Gasteiger partial charge in [-0.15, -0.1) is 0 Å². The van der Waals surface area contributed by atoms with Crippen LogP contribution in [0.3, 0.4) is 0 Å². The smallest absolute Gasteiger partial charge is 0.493 e. The lowest BCUT2D eigenvalue weighted by molar-refractivity contribution is -0.276. The number of hydrogen-bond acceptors (Lipinski definition) is 34. The average molecular weight is 1960 g/mol. The lowest BCUT2D eigenvalue weighted by atomic mass is 9.98. The Bertz CT molecular complexity index is 5090. The minimum atomic E-state index is -2.14. The van der Waals surface area contributed by atoms with Gasteiger partial charge >= 0.3 is 42.7 Å². The number of carbonyl (C=O) groups is 11. The van der Waals surface area contributed by atoms with E-state index in [9.17, 15) is 53.1 Å². The number of aliphatic hydroxyl groups excluding tert-OH is 1. The van der Waals surface area contributed by atoms with Gasteiger partial charge in [-0.25, -0.2) is 38.5 Å². The van der Waals surface area contributed by atoms with Gasteiger partial charge in [-0.3, -0.25) is 24.5 Å². The number of benzene rings is 5. The summed E-state index contributed by atoms with van der Waals surface area (Å²) in [6.07, 6.45) is -11.6. The van der Waals surface area contributed by atoms with Crippen LogP contribution in [0.15, 0.2) is 166 Å². The molecule has 4 heterocycles. The summed E-state index contributed by atoms with van der Waals surface area (Å²) in [6.45, 7) is 21.7. The number of methoxy groups -OCH3 is 1. The monoisotopic (exact) mass is 1950 g/mol. The Morgan fingerprint density at radius 1 is 0.521 bits per heavy atom. The molecule has 0 bridgehead atoms. The van der Waals surface area contributed by atoms with E-state index >= 15 is 4.79 Å². The zero-order valence-corrected chi connectivity index (χ0v) is 78.9. The largest absolute Gasteiger partial charge is 0.509 e. The van der Waals surface area contributed by atoms with Crippen LogP contribution in [0.1, 0.15) is 103 Å². The van der Waals surface area contributed by atoms with Gasteiger partial charge in [0.2, 0.25) is 24.2 Å². The molecule has 0 radical (unpaired) electrons. The summed E-state index contributed by atoms with van der Waals surface area (Å²) in [4.78, 5) is 152. The molecule has 7 atom stereocenters. The molecule has 1 aliphatic carbocycles. The zero-order chi connectivity index (χ0) is 100. The number of amides is 7. The lowest BCUT2D eigenvalue weighted by Crippen LogP contribution is -2.64. The summed E-state index contributed by atoms with van der Waals surface area (Å²) in [5.74, 6) is -3.74. The Kier molecular flexibility index (Phi) is 44.1. The summed E-state index contributed by atoms with van der Waals surface area (Å²) in [6, 6.07) is 29.9. The first-order valence-corrected chi connectivity index (χ1v) is 45.5. The van der Waals surface area contributed by atoms with Gasteiger partial charge in [0.25, 0.3) is 11.8 Å². The Morgan fingerprint density at radius 3 is 1.63 bits per heavy atom. The van der Waals surface area contributed by atoms with Crippen LogP contribution >= 0.6 is 0 Å². The van der Waals surface area contributed by atoms with Crippen molar-refractivity contribution < 1.29 is 162 Å². The van der Waals surface area contributed by atoms with Gasteiger partial charge in [0.1, 0.15) is 56.7 Å². The van der Waals surface area contributed by atoms with E-state index in [1.54, 1.807) is 58.3 Å². The number of carbonyl (C=O) groups excluding carboxylic acids is 11. The quantitative estimate of drug-likeness (QED) is 0.00894. The highest BCUT2D eigenvalue weighted by Gasteiger charge is 2.58. The molecule has 6 N–H and O–H groups in total.